The van der Waals surface area contributed by atoms with Crippen LogP contribution in [0.1, 0.15) is 367 Å². The lowest BCUT2D eigenvalue weighted by molar-refractivity contribution is -0.143. The summed E-state index contributed by atoms with van der Waals surface area (Å²) in [5.41, 5.74) is 0. The van der Waals surface area contributed by atoms with Gasteiger partial charge in [-0.15, -0.1) is 0 Å². The van der Waals surface area contributed by atoms with Crippen molar-refractivity contribution in [2.75, 3.05) is 13.2 Å². The van der Waals surface area contributed by atoms with Crippen molar-refractivity contribution in [1.29, 1.82) is 0 Å². The molecule has 1 amide bonds. The molecule has 0 aromatic heterocycles. The van der Waals surface area contributed by atoms with Crippen LogP contribution in [-0.2, 0) is 14.3 Å². The summed E-state index contributed by atoms with van der Waals surface area (Å²) in [6, 6.07) is -0.548. The van der Waals surface area contributed by atoms with Crippen molar-refractivity contribution < 1.29 is 24.5 Å². The lowest BCUT2D eigenvalue weighted by Crippen LogP contribution is -2.45. The number of allylic oxidation sites excluding steroid dienone is 2. The number of nitrogens with one attached hydrogen (secondary N) is 1. The van der Waals surface area contributed by atoms with Gasteiger partial charge in [0.25, 0.3) is 0 Å². The van der Waals surface area contributed by atoms with Crippen LogP contribution in [0.2, 0.25) is 0 Å². The highest BCUT2D eigenvalue weighted by molar-refractivity contribution is 5.76. The molecule has 6 nitrogen and oxygen atoms in total. The van der Waals surface area contributed by atoms with Gasteiger partial charge in [0.1, 0.15) is 0 Å². The number of ether oxygens (including phenoxy) is 1. The molecule has 0 rings (SSSR count). The third-order valence-electron chi connectivity index (χ3n) is 15.3. The number of hydrogen-bond donors (Lipinski definition) is 3. The predicted molar refractivity (Wildman–Crippen MR) is 310 cm³/mol. The van der Waals surface area contributed by atoms with Crippen molar-refractivity contribution in [2.24, 2.45) is 0 Å². The maximum atomic E-state index is 12.5. The number of esters is 1. The Balaban J connectivity index is 3.41. The molecule has 0 bridgehead atoms. The molecular weight excluding hydrogens is 875 g/mol. The summed E-state index contributed by atoms with van der Waals surface area (Å²) < 4.78 is 5.47. The first-order valence-electron chi connectivity index (χ1n) is 32.4. The van der Waals surface area contributed by atoms with Gasteiger partial charge < -0.3 is 20.3 Å². The molecule has 0 radical (unpaired) electrons. The Hall–Kier alpha value is -1.40. The number of aliphatic hydroxyl groups is 2. The lowest BCUT2D eigenvalue weighted by Gasteiger charge is -2.22. The SMILES string of the molecule is CCCCCCC/C=C\CCCCCCCC(=O)OCCCCCCCCCCCCCCCCCCC(=O)NC(CO)C(O)CCCCCCCCCCCCCCCCCCCCCCCCCC. The van der Waals surface area contributed by atoms with Gasteiger partial charge in [0, 0.05) is 12.8 Å². The summed E-state index contributed by atoms with van der Waals surface area (Å²) in [7, 11) is 0. The summed E-state index contributed by atoms with van der Waals surface area (Å²) in [6.45, 7) is 4.96. The smallest absolute Gasteiger partial charge is 0.305 e. The Bertz CT molecular complexity index is 1060. The highest BCUT2D eigenvalue weighted by Gasteiger charge is 2.20. The van der Waals surface area contributed by atoms with Crippen molar-refractivity contribution in [1.82, 2.24) is 5.32 Å². The molecule has 0 aromatic rings. The number of aliphatic hydroxyl groups excluding tert-OH is 2. The molecule has 422 valence electrons. The third-order valence-corrected chi connectivity index (χ3v) is 15.3. The molecule has 2 unspecified atom stereocenters. The second-order valence-corrected chi connectivity index (χ2v) is 22.5. The van der Waals surface area contributed by atoms with Gasteiger partial charge in [0.15, 0.2) is 0 Å². The Labute approximate surface area is 444 Å². The second-order valence-electron chi connectivity index (χ2n) is 22.5. The first-order valence-corrected chi connectivity index (χ1v) is 32.4. The van der Waals surface area contributed by atoms with Gasteiger partial charge in [-0.25, -0.2) is 0 Å². The molecule has 0 aliphatic rings. The zero-order chi connectivity index (χ0) is 51.4. The molecule has 0 fully saturated rings. The first-order chi connectivity index (χ1) is 35.0. The van der Waals surface area contributed by atoms with Gasteiger partial charge in [-0.2, -0.15) is 0 Å². The van der Waals surface area contributed by atoms with Crippen LogP contribution in [0.5, 0.6) is 0 Å². The van der Waals surface area contributed by atoms with E-state index in [0.29, 0.717) is 25.9 Å². The van der Waals surface area contributed by atoms with E-state index in [0.717, 1.165) is 44.9 Å². The molecule has 3 N–H and O–H groups in total. The van der Waals surface area contributed by atoms with Crippen molar-refractivity contribution >= 4 is 11.9 Å². The fourth-order valence-electron chi connectivity index (χ4n) is 10.3. The Kier molecular flexibility index (Phi) is 59.9. The topological polar surface area (TPSA) is 95.9 Å². The van der Waals surface area contributed by atoms with Crippen LogP contribution < -0.4 is 5.32 Å². The minimum Gasteiger partial charge on any atom is -0.466 e. The third kappa shape index (κ3) is 57.7. The van der Waals surface area contributed by atoms with E-state index in [2.05, 4.69) is 31.3 Å². The van der Waals surface area contributed by atoms with Crippen LogP contribution in [0, 0.1) is 0 Å². The molecule has 0 saturated carbocycles. The highest BCUT2D eigenvalue weighted by atomic mass is 16.5. The highest BCUT2D eigenvalue weighted by Crippen LogP contribution is 2.18. The average Bonchev–Trinajstić information content (AvgIpc) is 3.37. The van der Waals surface area contributed by atoms with Crippen LogP contribution in [0.4, 0.5) is 0 Å². The number of carbonyl (C=O) groups excluding carboxylic acids is 2. The molecular formula is C65H127NO5. The van der Waals surface area contributed by atoms with Crippen LogP contribution >= 0.6 is 0 Å². The summed E-state index contributed by atoms with van der Waals surface area (Å²) in [4.78, 5) is 24.6. The molecule has 0 aliphatic carbocycles. The number of hydrogen-bond acceptors (Lipinski definition) is 5. The monoisotopic (exact) mass is 1000 g/mol. The van der Waals surface area contributed by atoms with E-state index in [4.69, 9.17) is 4.74 Å². The number of unbranched alkanes of at least 4 members (excludes halogenated alkanes) is 48. The fourth-order valence-corrected chi connectivity index (χ4v) is 10.3. The Morgan fingerprint density at radius 3 is 1.00 bits per heavy atom. The van der Waals surface area contributed by atoms with Gasteiger partial charge in [-0.3, -0.25) is 9.59 Å². The molecule has 0 heterocycles. The van der Waals surface area contributed by atoms with E-state index in [1.54, 1.807) is 0 Å². The second kappa shape index (κ2) is 61.1. The van der Waals surface area contributed by atoms with E-state index in [9.17, 15) is 19.8 Å². The average molecular weight is 1000 g/mol. The Morgan fingerprint density at radius 2 is 0.662 bits per heavy atom. The van der Waals surface area contributed by atoms with Crippen LogP contribution in [0.15, 0.2) is 12.2 Å². The quantitative estimate of drug-likeness (QED) is 0.0320. The van der Waals surface area contributed by atoms with Gasteiger partial charge >= 0.3 is 5.97 Å². The Morgan fingerprint density at radius 1 is 0.380 bits per heavy atom. The molecule has 0 aliphatic heterocycles. The summed E-state index contributed by atoms with van der Waals surface area (Å²) in [5.74, 6) is -0.0414. The van der Waals surface area contributed by atoms with Gasteiger partial charge in [0.05, 0.1) is 25.4 Å². The maximum Gasteiger partial charge on any atom is 0.305 e. The minimum absolute atomic E-state index is 0.00405. The first kappa shape index (κ1) is 69.6. The molecule has 0 saturated heterocycles. The lowest BCUT2D eigenvalue weighted by atomic mass is 10.0. The van der Waals surface area contributed by atoms with Crippen molar-refractivity contribution in [3.63, 3.8) is 0 Å². The van der Waals surface area contributed by atoms with E-state index in [1.165, 1.54) is 289 Å². The van der Waals surface area contributed by atoms with E-state index < -0.39 is 12.1 Å². The molecule has 0 spiro atoms. The van der Waals surface area contributed by atoms with Crippen molar-refractivity contribution in [2.45, 2.75) is 379 Å². The summed E-state index contributed by atoms with van der Waals surface area (Å²) >= 11 is 0. The fraction of sp³-hybridized carbons (Fsp3) is 0.938. The molecule has 0 aromatic carbocycles. The van der Waals surface area contributed by atoms with E-state index >= 15 is 0 Å². The molecule has 6 heteroatoms. The number of amides is 1. The zero-order valence-corrected chi connectivity index (χ0v) is 48.2. The number of rotatable bonds is 61. The molecule has 71 heavy (non-hydrogen) atoms. The van der Waals surface area contributed by atoms with Gasteiger partial charge in [-0.05, 0) is 51.4 Å². The normalized spacial score (nSPS) is 12.6. The minimum atomic E-state index is -0.670. The van der Waals surface area contributed by atoms with Gasteiger partial charge in [-0.1, -0.05) is 315 Å². The van der Waals surface area contributed by atoms with E-state index in [1.807, 2.05) is 0 Å². The van der Waals surface area contributed by atoms with Crippen LogP contribution in [-0.4, -0.2) is 47.4 Å². The number of carbonyl (C=O) groups is 2. The van der Waals surface area contributed by atoms with Crippen LogP contribution in [0.3, 0.4) is 0 Å². The van der Waals surface area contributed by atoms with Crippen LogP contribution in [0.25, 0.3) is 0 Å². The molecule has 2 atom stereocenters. The largest absolute Gasteiger partial charge is 0.466 e. The van der Waals surface area contributed by atoms with Crippen molar-refractivity contribution in [3.8, 4) is 0 Å². The summed E-state index contributed by atoms with van der Waals surface area (Å²) in [6.07, 6.45) is 73.7. The zero-order valence-electron chi connectivity index (χ0n) is 48.2. The van der Waals surface area contributed by atoms with Gasteiger partial charge in [0.2, 0.25) is 5.91 Å². The van der Waals surface area contributed by atoms with Crippen molar-refractivity contribution in [3.05, 3.63) is 12.2 Å². The standard InChI is InChI=1S/C65H127NO5/c1-3-5-7-9-11-13-15-17-19-20-21-22-23-24-25-26-27-30-33-37-41-45-49-53-57-63(68)62(61-67)66-64(69)58-54-50-46-42-38-34-31-28-29-32-36-40-44-48-52-56-60-71-65(70)59-55-51-47-43-39-35-18-16-14-12-10-8-6-4-2/h16,18,62-63,67-68H,3-15,17,19-61H2,1-2H3,(H,66,69)/b18-16-. The van der Waals surface area contributed by atoms with E-state index in [-0.39, 0.29) is 18.5 Å². The predicted octanol–water partition coefficient (Wildman–Crippen LogP) is 20.4. The summed E-state index contributed by atoms with van der Waals surface area (Å²) in [5, 5.41) is 23.4. The maximum absolute atomic E-state index is 12.5.